The van der Waals surface area contributed by atoms with Gasteiger partial charge in [-0.25, -0.2) is 0 Å². The predicted octanol–water partition coefficient (Wildman–Crippen LogP) is 3.08. The number of amides is 1. The molecule has 0 aliphatic carbocycles. The number of hydrogen-bond donors (Lipinski definition) is 1. The van der Waals surface area contributed by atoms with Gasteiger partial charge in [0.1, 0.15) is 0 Å². The van der Waals surface area contributed by atoms with Crippen molar-refractivity contribution in [1.82, 2.24) is 4.90 Å². The molecule has 0 saturated carbocycles. The number of halogens is 2. The van der Waals surface area contributed by atoms with Crippen molar-refractivity contribution in [2.75, 3.05) is 13.1 Å². The van der Waals surface area contributed by atoms with E-state index in [4.69, 9.17) is 29.6 Å². The molecule has 1 rings (SSSR count). The van der Waals surface area contributed by atoms with Gasteiger partial charge in [-0.3, -0.25) is 4.79 Å². The van der Waals surface area contributed by atoms with Crippen molar-refractivity contribution in [3.63, 3.8) is 0 Å². The topological polar surface area (TPSA) is 46.3 Å². The molecule has 0 aromatic heterocycles. The standard InChI is InChI=1S/C12H14ClIN2OS/c1-2-5-16(7-11(15)18)12(17)8-3-4-10(14)9(13)6-8/h3-4,6H,2,5,7H2,1H3,(H2,15,18). The monoisotopic (exact) mass is 396 g/mol. The fourth-order valence-electron chi connectivity index (χ4n) is 1.52. The third kappa shape index (κ3) is 4.37. The smallest absolute Gasteiger partial charge is 0.254 e. The van der Waals surface area contributed by atoms with E-state index in [1.807, 2.05) is 13.0 Å². The summed E-state index contributed by atoms with van der Waals surface area (Å²) >= 11 is 13.0. The van der Waals surface area contributed by atoms with E-state index in [0.717, 1.165) is 9.99 Å². The minimum absolute atomic E-state index is 0.0945. The van der Waals surface area contributed by atoms with Crippen LogP contribution in [0.15, 0.2) is 18.2 Å². The van der Waals surface area contributed by atoms with Gasteiger partial charge in [-0.2, -0.15) is 0 Å². The van der Waals surface area contributed by atoms with Crippen LogP contribution in [0.4, 0.5) is 0 Å². The molecule has 0 bridgehead atoms. The zero-order valence-electron chi connectivity index (χ0n) is 9.95. The fraction of sp³-hybridized carbons (Fsp3) is 0.333. The summed E-state index contributed by atoms with van der Waals surface area (Å²) in [6.45, 7) is 2.92. The molecule has 2 N–H and O–H groups in total. The molecular formula is C12H14ClIN2OS. The van der Waals surface area contributed by atoms with Crippen LogP contribution in [-0.2, 0) is 0 Å². The summed E-state index contributed by atoms with van der Waals surface area (Å²) in [4.78, 5) is 14.2. The summed E-state index contributed by atoms with van der Waals surface area (Å²) in [5.74, 6) is -0.0945. The summed E-state index contributed by atoms with van der Waals surface area (Å²) in [5, 5.41) is 0.577. The predicted molar refractivity (Wildman–Crippen MR) is 87.1 cm³/mol. The van der Waals surface area contributed by atoms with E-state index in [-0.39, 0.29) is 5.91 Å². The number of carbonyl (C=O) groups is 1. The first-order chi connectivity index (χ1) is 8.45. The second-order valence-electron chi connectivity index (χ2n) is 3.82. The van der Waals surface area contributed by atoms with Gasteiger partial charge in [0, 0.05) is 15.7 Å². The molecule has 3 nitrogen and oxygen atoms in total. The SMILES string of the molecule is CCCN(CC(N)=S)C(=O)c1ccc(I)c(Cl)c1. The highest BCUT2D eigenvalue weighted by atomic mass is 127. The van der Waals surface area contributed by atoms with Gasteiger partial charge in [-0.05, 0) is 47.2 Å². The van der Waals surface area contributed by atoms with Gasteiger partial charge in [0.15, 0.2) is 0 Å². The average molecular weight is 397 g/mol. The molecule has 0 saturated heterocycles. The second kappa shape index (κ2) is 7.25. The van der Waals surface area contributed by atoms with Crippen LogP contribution in [0.3, 0.4) is 0 Å². The molecule has 0 unspecified atom stereocenters. The molecule has 0 spiro atoms. The minimum atomic E-state index is -0.0945. The summed E-state index contributed by atoms with van der Waals surface area (Å²) < 4.78 is 0.919. The Bertz CT molecular complexity index is 467. The maximum absolute atomic E-state index is 12.3. The van der Waals surface area contributed by atoms with Crippen molar-refractivity contribution < 1.29 is 4.79 Å². The molecule has 0 aliphatic heterocycles. The van der Waals surface area contributed by atoms with E-state index < -0.39 is 0 Å². The molecule has 98 valence electrons. The average Bonchev–Trinajstić information content (AvgIpc) is 2.31. The first kappa shape index (κ1) is 15.7. The third-order valence-electron chi connectivity index (χ3n) is 2.29. The number of carbonyl (C=O) groups excluding carboxylic acids is 1. The van der Waals surface area contributed by atoms with Crippen LogP contribution >= 0.6 is 46.4 Å². The number of hydrogen-bond acceptors (Lipinski definition) is 2. The number of benzene rings is 1. The lowest BCUT2D eigenvalue weighted by molar-refractivity contribution is 0.0780. The van der Waals surface area contributed by atoms with Gasteiger partial charge in [-0.15, -0.1) is 0 Å². The van der Waals surface area contributed by atoms with Crippen LogP contribution in [0.1, 0.15) is 23.7 Å². The Morgan fingerprint density at radius 1 is 1.56 bits per heavy atom. The summed E-state index contributed by atoms with van der Waals surface area (Å²) in [7, 11) is 0. The zero-order valence-corrected chi connectivity index (χ0v) is 13.7. The lowest BCUT2D eigenvalue weighted by atomic mass is 10.2. The van der Waals surface area contributed by atoms with Gasteiger partial charge in [0.05, 0.1) is 16.6 Å². The third-order valence-corrected chi connectivity index (χ3v) is 4.00. The van der Waals surface area contributed by atoms with Crippen molar-refractivity contribution in [2.24, 2.45) is 5.73 Å². The van der Waals surface area contributed by atoms with Crippen LogP contribution < -0.4 is 5.73 Å². The number of nitrogens with two attached hydrogens (primary N) is 1. The molecule has 0 radical (unpaired) electrons. The molecule has 0 fully saturated rings. The molecule has 0 heterocycles. The number of rotatable bonds is 5. The largest absolute Gasteiger partial charge is 0.392 e. The first-order valence-corrected chi connectivity index (χ1v) is 7.34. The van der Waals surface area contributed by atoms with E-state index in [9.17, 15) is 4.79 Å². The van der Waals surface area contributed by atoms with Crippen LogP contribution in [0, 0.1) is 3.57 Å². The number of nitrogens with zero attached hydrogens (tertiary/aromatic N) is 1. The van der Waals surface area contributed by atoms with Crippen LogP contribution in [0.2, 0.25) is 5.02 Å². The summed E-state index contributed by atoms with van der Waals surface area (Å²) in [5.41, 5.74) is 6.06. The van der Waals surface area contributed by atoms with Crippen molar-refractivity contribution >= 4 is 57.3 Å². The lowest BCUT2D eigenvalue weighted by Gasteiger charge is -2.21. The van der Waals surface area contributed by atoms with Gasteiger partial charge < -0.3 is 10.6 Å². The van der Waals surface area contributed by atoms with Crippen LogP contribution in [0.25, 0.3) is 0 Å². The Kier molecular flexibility index (Phi) is 6.31. The maximum atomic E-state index is 12.3. The van der Waals surface area contributed by atoms with Crippen molar-refractivity contribution in [2.45, 2.75) is 13.3 Å². The Labute approximate surface area is 131 Å². The molecule has 1 amide bonds. The zero-order chi connectivity index (χ0) is 13.7. The Hall–Kier alpha value is -0.400. The molecule has 0 aliphatic rings. The van der Waals surface area contributed by atoms with E-state index in [2.05, 4.69) is 22.6 Å². The van der Waals surface area contributed by atoms with Gasteiger partial charge in [0.25, 0.3) is 5.91 Å². The fourth-order valence-corrected chi connectivity index (χ4v) is 2.19. The van der Waals surface area contributed by atoms with Gasteiger partial charge in [-0.1, -0.05) is 30.7 Å². The van der Waals surface area contributed by atoms with Crippen molar-refractivity contribution in [3.05, 3.63) is 32.4 Å². The van der Waals surface area contributed by atoms with Crippen molar-refractivity contribution in [1.29, 1.82) is 0 Å². The van der Waals surface area contributed by atoms with Gasteiger partial charge >= 0.3 is 0 Å². The minimum Gasteiger partial charge on any atom is -0.392 e. The molecule has 1 aromatic rings. The van der Waals surface area contributed by atoms with Crippen LogP contribution in [0.5, 0.6) is 0 Å². The van der Waals surface area contributed by atoms with E-state index >= 15 is 0 Å². The maximum Gasteiger partial charge on any atom is 0.254 e. The van der Waals surface area contributed by atoms with Crippen LogP contribution in [-0.4, -0.2) is 28.9 Å². The highest BCUT2D eigenvalue weighted by molar-refractivity contribution is 14.1. The Morgan fingerprint density at radius 3 is 2.72 bits per heavy atom. The molecule has 6 heteroatoms. The molecule has 1 aromatic carbocycles. The van der Waals surface area contributed by atoms with E-state index in [1.54, 1.807) is 17.0 Å². The normalized spacial score (nSPS) is 10.2. The second-order valence-corrected chi connectivity index (χ2v) is 5.92. The molecular weight excluding hydrogens is 383 g/mol. The van der Waals surface area contributed by atoms with E-state index in [0.29, 0.717) is 28.7 Å². The van der Waals surface area contributed by atoms with Crippen molar-refractivity contribution in [3.8, 4) is 0 Å². The molecule has 18 heavy (non-hydrogen) atoms. The number of thiocarbonyl (C=S) groups is 1. The van der Waals surface area contributed by atoms with Gasteiger partial charge in [0.2, 0.25) is 0 Å². The van der Waals surface area contributed by atoms with E-state index in [1.165, 1.54) is 0 Å². The first-order valence-electron chi connectivity index (χ1n) is 5.48. The quantitative estimate of drug-likeness (QED) is 0.614. The highest BCUT2D eigenvalue weighted by Gasteiger charge is 2.16. The lowest BCUT2D eigenvalue weighted by Crippen LogP contribution is -2.38. The molecule has 0 atom stereocenters. The Morgan fingerprint density at radius 2 is 2.22 bits per heavy atom. The highest BCUT2D eigenvalue weighted by Crippen LogP contribution is 2.20. The Balaban J connectivity index is 2.93. The summed E-state index contributed by atoms with van der Waals surface area (Å²) in [6.07, 6.45) is 0.854. The summed E-state index contributed by atoms with van der Waals surface area (Å²) in [6, 6.07) is 5.26.